The van der Waals surface area contributed by atoms with Gasteiger partial charge in [0.05, 0.1) is 0 Å². The van der Waals surface area contributed by atoms with Crippen LogP contribution < -0.4 is 15.5 Å². The molecule has 0 amide bonds. The molecule has 2 saturated heterocycles. The second-order valence-corrected chi connectivity index (χ2v) is 8.20. The topological polar surface area (TPSA) is 55.8 Å². The van der Waals surface area contributed by atoms with Crippen LogP contribution in [0.1, 0.15) is 40.0 Å². The van der Waals surface area contributed by atoms with Crippen LogP contribution in [0.3, 0.4) is 0 Å². The first kappa shape index (κ1) is 24.1. The summed E-state index contributed by atoms with van der Waals surface area (Å²) < 4.78 is 14.0. The summed E-state index contributed by atoms with van der Waals surface area (Å²) in [5, 5.41) is 6.91. The number of aromatic nitrogens is 1. The van der Waals surface area contributed by atoms with Crippen molar-refractivity contribution in [2.75, 3.05) is 44.2 Å². The number of likely N-dealkylation sites (tertiary alicyclic amines) is 1. The summed E-state index contributed by atoms with van der Waals surface area (Å²) in [6.45, 7) is 12.2. The first-order valence-corrected chi connectivity index (χ1v) is 10.7. The van der Waals surface area contributed by atoms with Crippen LogP contribution in [-0.2, 0) is 0 Å². The first-order chi connectivity index (χ1) is 13.6. The van der Waals surface area contributed by atoms with Crippen molar-refractivity contribution in [3.8, 4) is 0 Å². The first-order valence-electron chi connectivity index (χ1n) is 10.7. The molecule has 0 aliphatic carbocycles. The second-order valence-electron chi connectivity index (χ2n) is 8.20. The van der Waals surface area contributed by atoms with Crippen molar-refractivity contribution in [1.82, 2.24) is 20.5 Å². The summed E-state index contributed by atoms with van der Waals surface area (Å²) in [5.41, 5.74) is 0. The van der Waals surface area contributed by atoms with E-state index in [1.54, 1.807) is 12.3 Å². The lowest BCUT2D eigenvalue weighted by Gasteiger charge is -2.35. The van der Waals surface area contributed by atoms with E-state index in [-0.39, 0.29) is 35.8 Å². The van der Waals surface area contributed by atoms with Gasteiger partial charge in [-0.2, -0.15) is 0 Å². The lowest BCUT2D eigenvalue weighted by Crippen LogP contribution is -2.45. The van der Waals surface area contributed by atoms with Crippen LogP contribution in [0.25, 0.3) is 0 Å². The molecule has 2 unspecified atom stereocenters. The smallest absolute Gasteiger partial charge is 0.191 e. The SMILES string of the molecule is CCNC(=NCC1CCCN(C(C)C)C1)NC1CCN(c2ncccc2F)C1.I. The Balaban J connectivity index is 0.00000300. The summed E-state index contributed by atoms with van der Waals surface area (Å²) in [6, 6.07) is 3.96. The molecule has 3 rings (SSSR count). The maximum atomic E-state index is 14.0. The fourth-order valence-electron chi connectivity index (χ4n) is 4.13. The molecule has 29 heavy (non-hydrogen) atoms. The summed E-state index contributed by atoms with van der Waals surface area (Å²) in [6.07, 6.45) is 5.11. The Hall–Kier alpha value is -1.16. The van der Waals surface area contributed by atoms with Gasteiger partial charge in [0, 0.05) is 51.0 Å². The minimum absolute atomic E-state index is 0. The van der Waals surface area contributed by atoms with Crippen LogP contribution in [0.5, 0.6) is 0 Å². The molecule has 2 fully saturated rings. The van der Waals surface area contributed by atoms with Gasteiger partial charge < -0.3 is 20.4 Å². The van der Waals surface area contributed by atoms with Gasteiger partial charge in [-0.15, -0.1) is 24.0 Å². The van der Waals surface area contributed by atoms with Crippen molar-refractivity contribution < 1.29 is 4.39 Å². The fourth-order valence-corrected chi connectivity index (χ4v) is 4.13. The third-order valence-electron chi connectivity index (χ3n) is 5.70. The van der Waals surface area contributed by atoms with E-state index in [1.165, 1.54) is 25.5 Å². The van der Waals surface area contributed by atoms with E-state index in [4.69, 9.17) is 4.99 Å². The van der Waals surface area contributed by atoms with Crippen LogP contribution in [-0.4, -0.2) is 67.2 Å². The van der Waals surface area contributed by atoms with Crippen molar-refractivity contribution >= 4 is 35.8 Å². The van der Waals surface area contributed by atoms with Crippen molar-refractivity contribution in [2.45, 2.75) is 52.1 Å². The summed E-state index contributed by atoms with van der Waals surface area (Å²) >= 11 is 0. The van der Waals surface area contributed by atoms with Crippen LogP contribution in [0.15, 0.2) is 23.3 Å². The standard InChI is InChI=1S/C21H35FN6.HI/c1-4-23-21(25-13-17-7-6-11-27(14-17)16(2)3)26-18-9-12-28(15-18)20-19(22)8-5-10-24-20;/h5,8,10,16-18H,4,6-7,9,11-15H2,1-3H3,(H2,23,25,26);1H. The summed E-state index contributed by atoms with van der Waals surface area (Å²) in [7, 11) is 0. The predicted molar refractivity (Wildman–Crippen MR) is 129 cm³/mol. The van der Waals surface area contributed by atoms with E-state index < -0.39 is 0 Å². The number of halogens is 2. The molecule has 2 aliphatic heterocycles. The highest BCUT2D eigenvalue weighted by Gasteiger charge is 2.26. The molecule has 2 atom stereocenters. The van der Waals surface area contributed by atoms with Crippen molar-refractivity contribution in [1.29, 1.82) is 0 Å². The Morgan fingerprint density at radius 3 is 2.86 bits per heavy atom. The zero-order valence-electron chi connectivity index (χ0n) is 17.9. The lowest BCUT2D eigenvalue weighted by atomic mass is 9.97. The number of anilines is 1. The third-order valence-corrected chi connectivity index (χ3v) is 5.70. The molecule has 0 saturated carbocycles. The van der Waals surface area contributed by atoms with Gasteiger partial charge in [-0.05, 0) is 64.6 Å². The van der Waals surface area contributed by atoms with Crippen molar-refractivity contribution in [3.05, 3.63) is 24.1 Å². The number of hydrogen-bond acceptors (Lipinski definition) is 4. The van der Waals surface area contributed by atoms with Crippen molar-refractivity contribution in [2.24, 2.45) is 10.9 Å². The highest BCUT2D eigenvalue weighted by Crippen LogP contribution is 2.21. The molecule has 0 spiro atoms. The summed E-state index contributed by atoms with van der Waals surface area (Å²) in [5.74, 6) is 1.69. The molecule has 0 bridgehead atoms. The van der Waals surface area contributed by atoms with E-state index in [9.17, 15) is 4.39 Å². The minimum atomic E-state index is -0.254. The molecule has 2 aliphatic rings. The van der Waals surface area contributed by atoms with E-state index in [0.29, 0.717) is 17.8 Å². The van der Waals surface area contributed by atoms with Gasteiger partial charge in [0.15, 0.2) is 17.6 Å². The number of pyridine rings is 1. The van der Waals surface area contributed by atoms with Gasteiger partial charge in [-0.3, -0.25) is 4.99 Å². The maximum Gasteiger partial charge on any atom is 0.191 e. The van der Waals surface area contributed by atoms with Crippen LogP contribution in [0.2, 0.25) is 0 Å². The van der Waals surface area contributed by atoms with E-state index in [0.717, 1.165) is 45.1 Å². The van der Waals surface area contributed by atoms with Crippen LogP contribution >= 0.6 is 24.0 Å². The molecule has 8 heteroatoms. The largest absolute Gasteiger partial charge is 0.357 e. The molecule has 6 nitrogen and oxygen atoms in total. The molecule has 1 aromatic rings. The second kappa shape index (κ2) is 11.9. The van der Waals surface area contributed by atoms with Gasteiger partial charge >= 0.3 is 0 Å². The monoisotopic (exact) mass is 518 g/mol. The number of guanidine groups is 1. The molecule has 164 valence electrons. The van der Waals surface area contributed by atoms with Crippen LogP contribution in [0.4, 0.5) is 10.2 Å². The van der Waals surface area contributed by atoms with Gasteiger partial charge in [0.1, 0.15) is 0 Å². The van der Waals surface area contributed by atoms with Gasteiger partial charge in [0.25, 0.3) is 0 Å². The number of nitrogens with one attached hydrogen (secondary N) is 2. The number of hydrogen-bond donors (Lipinski definition) is 2. The van der Waals surface area contributed by atoms with Gasteiger partial charge in [0.2, 0.25) is 0 Å². The third kappa shape index (κ3) is 6.94. The number of nitrogens with zero attached hydrogens (tertiary/aromatic N) is 4. The molecule has 2 N–H and O–H groups in total. The fraction of sp³-hybridized carbons (Fsp3) is 0.714. The predicted octanol–water partition coefficient (Wildman–Crippen LogP) is 3.09. The van der Waals surface area contributed by atoms with E-state index in [2.05, 4.69) is 41.3 Å². The highest BCUT2D eigenvalue weighted by atomic mass is 127. The molecule has 1 aromatic heterocycles. The van der Waals surface area contributed by atoms with E-state index in [1.807, 2.05) is 4.90 Å². The lowest BCUT2D eigenvalue weighted by molar-refractivity contribution is 0.143. The maximum absolute atomic E-state index is 14.0. The molecule has 0 aromatic carbocycles. The zero-order chi connectivity index (χ0) is 19.9. The number of piperidine rings is 1. The number of aliphatic imine (C=N–C) groups is 1. The Labute approximate surface area is 191 Å². The van der Waals surface area contributed by atoms with E-state index >= 15 is 0 Å². The summed E-state index contributed by atoms with van der Waals surface area (Å²) in [4.78, 5) is 13.6. The Morgan fingerprint density at radius 2 is 2.14 bits per heavy atom. The number of rotatable bonds is 6. The Morgan fingerprint density at radius 1 is 1.31 bits per heavy atom. The minimum Gasteiger partial charge on any atom is -0.357 e. The zero-order valence-corrected chi connectivity index (χ0v) is 20.2. The molecule has 3 heterocycles. The average Bonchev–Trinajstić information content (AvgIpc) is 3.15. The Bertz CT molecular complexity index is 656. The van der Waals surface area contributed by atoms with Gasteiger partial charge in [-0.1, -0.05) is 0 Å². The van der Waals surface area contributed by atoms with Crippen LogP contribution in [0, 0.1) is 11.7 Å². The molecular formula is C21H36FIN6. The molecular weight excluding hydrogens is 482 g/mol. The molecule has 0 radical (unpaired) electrons. The quantitative estimate of drug-likeness (QED) is 0.345. The Kier molecular flexibility index (Phi) is 9.88. The average molecular weight is 518 g/mol. The normalized spacial score (nSPS) is 23.2. The van der Waals surface area contributed by atoms with Crippen molar-refractivity contribution in [3.63, 3.8) is 0 Å². The highest BCUT2D eigenvalue weighted by molar-refractivity contribution is 14.0. The van der Waals surface area contributed by atoms with Gasteiger partial charge in [-0.25, -0.2) is 9.37 Å².